The summed E-state index contributed by atoms with van der Waals surface area (Å²) in [6.45, 7) is 1.88. The van der Waals surface area contributed by atoms with Crippen molar-refractivity contribution in [3.63, 3.8) is 0 Å². The zero-order valence-corrected chi connectivity index (χ0v) is 10.1. The van der Waals surface area contributed by atoms with Crippen LogP contribution in [0.2, 0.25) is 0 Å². The van der Waals surface area contributed by atoms with Gasteiger partial charge in [-0.1, -0.05) is 0 Å². The van der Waals surface area contributed by atoms with Gasteiger partial charge in [-0.15, -0.1) is 0 Å². The average molecular weight is 285 g/mol. The van der Waals surface area contributed by atoms with Crippen molar-refractivity contribution < 1.29 is 4.39 Å². The third-order valence-corrected chi connectivity index (χ3v) is 2.97. The number of halogens is 2. The molecule has 84 valence electrons. The molecule has 0 aliphatic carbocycles. The lowest BCUT2D eigenvalue weighted by atomic mass is 10.1. The van der Waals surface area contributed by atoms with E-state index in [2.05, 4.69) is 26.0 Å². The summed E-state index contributed by atoms with van der Waals surface area (Å²) in [5.74, 6) is 0.144. The molecule has 16 heavy (non-hydrogen) atoms. The Morgan fingerprint density at radius 1 is 1.44 bits per heavy atom. The van der Waals surface area contributed by atoms with Crippen molar-refractivity contribution in [2.75, 3.05) is 5.73 Å². The van der Waals surface area contributed by atoms with Crippen LogP contribution in [-0.4, -0.2) is 14.8 Å². The van der Waals surface area contributed by atoms with Gasteiger partial charge in [0.1, 0.15) is 11.6 Å². The molecule has 4 nitrogen and oxygen atoms in total. The number of nitrogen functional groups attached to an aromatic ring is 1. The van der Waals surface area contributed by atoms with Gasteiger partial charge >= 0.3 is 0 Å². The molecule has 0 saturated heterocycles. The predicted octanol–water partition coefficient (Wildman–Crippen LogP) is 2.37. The Kier molecular flexibility index (Phi) is 2.91. The largest absolute Gasteiger partial charge is 0.383 e. The predicted molar refractivity (Wildman–Crippen MR) is 62.3 cm³/mol. The number of anilines is 1. The molecule has 0 aliphatic rings. The van der Waals surface area contributed by atoms with Gasteiger partial charge in [0.2, 0.25) is 0 Å². The fourth-order valence-electron chi connectivity index (χ4n) is 1.46. The van der Waals surface area contributed by atoms with Gasteiger partial charge < -0.3 is 5.73 Å². The highest BCUT2D eigenvalue weighted by Crippen LogP contribution is 2.25. The maximum absolute atomic E-state index is 13.0. The first kappa shape index (κ1) is 11.1. The van der Waals surface area contributed by atoms with E-state index in [-0.39, 0.29) is 11.9 Å². The minimum absolute atomic E-state index is 0.158. The number of nitrogens with two attached hydrogens (primary N) is 1. The summed E-state index contributed by atoms with van der Waals surface area (Å²) in [7, 11) is 0. The molecule has 1 unspecified atom stereocenters. The van der Waals surface area contributed by atoms with Crippen LogP contribution in [0, 0.1) is 5.82 Å². The lowest BCUT2D eigenvalue weighted by molar-refractivity contribution is 0.559. The van der Waals surface area contributed by atoms with E-state index >= 15 is 0 Å². The molecule has 0 saturated carbocycles. The van der Waals surface area contributed by atoms with Gasteiger partial charge in [-0.2, -0.15) is 5.10 Å². The third kappa shape index (κ3) is 1.92. The average Bonchev–Trinajstić information content (AvgIpc) is 2.59. The van der Waals surface area contributed by atoms with Gasteiger partial charge in [0, 0.05) is 6.20 Å². The standard InChI is InChI=1S/C10H10BrFN4/c1-6(7-2-8(12)4-14-3-7)16-10(13)9(11)5-15-16/h2-6H,13H2,1H3. The molecular weight excluding hydrogens is 275 g/mol. The normalized spacial score (nSPS) is 12.7. The summed E-state index contributed by atoms with van der Waals surface area (Å²) in [5, 5.41) is 4.12. The van der Waals surface area contributed by atoms with Crippen LogP contribution in [0.5, 0.6) is 0 Å². The van der Waals surface area contributed by atoms with Gasteiger partial charge in [0.25, 0.3) is 0 Å². The molecular formula is C10H10BrFN4. The van der Waals surface area contributed by atoms with E-state index in [1.54, 1.807) is 17.1 Å². The van der Waals surface area contributed by atoms with Crippen molar-refractivity contribution in [2.24, 2.45) is 0 Å². The molecule has 2 N–H and O–H groups in total. The monoisotopic (exact) mass is 284 g/mol. The Morgan fingerprint density at radius 3 is 2.75 bits per heavy atom. The maximum atomic E-state index is 13.0. The summed E-state index contributed by atoms with van der Waals surface area (Å²) in [6.07, 6.45) is 4.37. The van der Waals surface area contributed by atoms with E-state index < -0.39 is 0 Å². The second-order valence-corrected chi connectivity index (χ2v) is 4.29. The molecule has 2 aromatic rings. The summed E-state index contributed by atoms with van der Waals surface area (Å²) >= 11 is 3.27. The number of hydrogen-bond donors (Lipinski definition) is 1. The van der Waals surface area contributed by atoms with Crippen LogP contribution in [0.3, 0.4) is 0 Å². The molecule has 1 atom stereocenters. The number of hydrogen-bond acceptors (Lipinski definition) is 3. The topological polar surface area (TPSA) is 56.7 Å². The van der Waals surface area contributed by atoms with E-state index in [1.807, 2.05) is 6.92 Å². The van der Waals surface area contributed by atoms with Crippen LogP contribution in [0.1, 0.15) is 18.5 Å². The van der Waals surface area contributed by atoms with E-state index in [4.69, 9.17) is 5.73 Å². The first-order chi connectivity index (χ1) is 7.59. The Morgan fingerprint density at radius 2 is 2.19 bits per heavy atom. The molecule has 0 fully saturated rings. The molecule has 0 aliphatic heterocycles. The van der Waals surface area contributed by atoms with E-state index in [0.717, 1.165) is 10.0 Å². The molecule has 0 spiro atoms. The van der Waals surface area contributed by atoms with Crippen molar-refractivity contribution >= 4 is 21.7 Å². The number of aromatic nitrogens is 3. The lowest BCUT2D eigenvalue weighted by Crippen LogP contribution is -2.12. The summed E-state index contributed by atoms with van der Waals surface area (Å²) in [4.78, 5) is 3.80. The first-order valence-corrected chi connectivity index (χ1v) is 5.48. The third-order valence-electron chi connectivity index (χ3n) is 2.36. The van der Waals surface area contributed by atoms with Gasteiger partial charge in [-0.25, -0.2) is 9.07 Å². The Bertz CT molecular complexity index is 511. The summed E-state index contributed by atoms with van der Waals surface area (Å²) in [5.41, 5.74) is 6.54. The SMILES string of the molecule is CC(c1cncc(F)c1)n1ncc(Br)c1N. The van der Waals surface area contributed by atoms with Gasteiger partial charge in [0.05, 0.1) is 22.9 Å². The van der Waals surface area contributed by atoms with Crippen molar-refractivity contribution in [1.82, 2.24) is 14.8 Å². The van der Waals surface area contributed by atoms with Crippen LogP contribution in [0.25, 0.3) is 0 Å². The minimum atomic E-state index is -0.367. The summed E-state index contributed by atoms with van der Waals surface area (Å²) < 4.78 is 15.4. The fraction of sp³-hybridized carbons (Fsp3) is 0.200. The number of nitrogens with zero attached hydrogens (tertiary/aromatic N) is 3. The second-order valence-electron chi connectivity index (χ2n) is 3.43. The first-order valence-electron chi connectivity index (χ1n) is 4.68. The molecule has 2 aromatic heterocycles. The quantitative estimate of drug-likeness (QED) is 0.921. The summed E-state index contributed by atoms with van der Waals surface area (Å²) in [6, 6.07) is 1.27. The van der Waals surface area contributed by atoms with Crippen LogP contribution in [0.4, 0.5) is 10.2 Å². The smallest absolute Gasteiger partial charge is 0.141 e. The van der Waals surface area contributed by atoms with Crippen molar-refractivity contribution in [3.8, 4) is 0 Å². The van der Waals surface area contributed by atoms with Crippen LogP contribution >= 0.6 is 15.9 Å². The molecule has 6 heteroatoms. The number of pyridine rings is 1. The Labute approximate surface area is 100 Å². The van der Waals surface area contributed by atoms with Crippen molar-refractivity contribution in [1.29, 1.82) is 0 Å². The Balaban J connectivity index is 2.39. The highest BCUT2D eigenvalue weighted by atomic mass is 79.9. The zero-order chi connectivity index (χ0) is 11.7. The van der Waals surface area contributed by atoms with Gasteiger partial charge in [0.15, 0.2) is 0 Å². The highest BCUT2D eigenvalue weighted by molar-refractivity contribution is 9.10. The Hall–Kier alpha value is -1.43. The molecule has 0 aromatic carbocycles. The maximum Gasteiger partial charge on any atom is 0.141 e. The molecule has 0 amide bonds. The molecule has 2 rings (SSSR count). The van der Waals surface area contributed by atoms with Crippen molar-refractivity contribution in [3.05, 3.63) is 40.5 Å². The second kappa shape index (κ2) is 4.21. The molecule has 0 radical (unpaired) electrons. The highest BCUT2D eigenvalue weighted by Gasteiger charge is 2.14. The van der Waals surface area contributed by atoms with Gasteiger partial charge in [-0.3, -0.25) is 4.98 Å². The fourth-order valence-corrected chi connectivity index (χ4v) is 1.73. The van der Waals surface area contributed by atoms with E-state index in [0.29, 0.717) is 5.82 Å². The number of rotatable bonds is 2. The van der Waals surface area contributed by atoms with E-state index in [1.165, 1.54) is 12.3 Å². The molecule has 2 heterocycles. The van der Waals surface area contributed by atoms with Crippen molar-refractivity contribution in [2.45, 2.75) is 13.0 Å². The molecule has 0 bridgehead atoms. The van der Waals surface area contributed by atoms with Crippen LogP contribution in [0.15, 0.2) is 29.1 Å². The van der Waals surface area contributed by atoms with E-state index in [9.17, 15) is 4.39 Å². The van der Waals surface area contributed by atoms with Gasteiger partial charge in [-0.05, 0) is 34.5 Å². The zero-order valence-electron chi connectivity index (χ0n) is 8.56. The minimum Gasteiger partial charge on any atom is -0.383 e. The van der Waals surface area contributed by atoms with Crippen LogP contribution < -0.4 is 5.73 Å². The lowest BCUT2D eigenvalue weighted by Gasteiger charge is -2.13. The van der Waals surface area contributed by atoms with Crippen LogP contribution in [-0.2, 0) is 0 Å².